The second-order valence-corrected chi connectivity index (χ2v) is 8.55. The quantitative estimate of drug-likeness (QED) is 0.117. The third-order valence-electron chi connectivity index (χ3n) is 6.20. The van der Waals surface area contributed by atoms with E-state index in [0.29, 0.717) is 11.3 Å². The average molecular weight is 500 g/mol. The van der Waals surface area contributed by atoms with Crippen molar-refractivity contribution in [3.63, 3.8) is 0 Å². The lowest BCUT2D eigenvalue weighted by Gasteiger charge is -2.06. The van der Waals surface area contributed by atoms with Gasteiger partial charge < -0.3 is 14.1 Å². The van der Waals surface area contributed by atoms with Gasteiger partial charge in [0.2, 0.25) is 5.76 Å². The molecular formula is C31H21N3O4. The molecule has 0 radical (unpaired) electrons. The number of amides is 1. The van der Waals surface area contributed by atoms with Gasteiger partial charge in [0.15, 0.2) is 0 Å². The predicted molar refractivity (Wildman–Crippen MR) is 146 cm³/mol. The molecule has 0 spiro atoms. The zero-order chi connectivity index (χ0) is 25.9. The highest BCUT2D eigenvalue weighted by Crippen LogP contribution is 2.36. The van der Waals surface area contributed by atoms with Crippen molar-refractivity contribution in [2.75, 3.05) is 0 Å². The summed E-state index contributed by atoms with van der Waals surface area (Å²) in [6, 6.07) is 31.9. The van der Waals surface area contributed by atoms with Crippen LogP contribution < -0.4 is 10.2 Å². The summed E-state index contributed by atoms with van der Waals surface area (Å²) < 4.78 is 10.5. The highest BCUT2D eigenvalue weighted by Gasteiger charge is 2.20. The molecule has 0 aliphatic carbocycles. The number of fused-ring (bicyclic) bond motifs is 3. The molecule has 2 N–H and O–H groups in total. The van der Waals surface area contributed by atoms with E-state index in [2.05, 4.69) is 21.6 Å². The van der Waals surface area contributed by atoms with Crippen molar-refractivity contribution in [2.45, 2.75) is 0 Å². The Balaban J connectivity index is 1.32. The Morgan fingerprint density at radius 3 is 2.45 bits per heavy atom. The Morgan fingerprint density at radius 2 is 1.61 bits per heavy atom. The van der Waals surface area contributed by atoms with Gasteiger partial charge in [0.05, 0.1) is 18.0 Å². The number of ether oxygens (including phenoxy) is 1. The summed E-state index contributed by atoms with van der Waals surface area (Å²) in [5.74, 6) is -0.651. The number of nitrogens with zero attached hydrogens (tertiary/aromatic N) is 1. The summed E-state index contributed by atoms with van der Waals surface area (Å²) >= 11 is 0. The number of H-pyrrole nitrogens is 1. The topological polar surface area (TPSA) is 96.7 Å². The SMILES string of the molecule is O=C(Oc1ccccc1C=NNC(=O)c1[nH]c2c(ccc3ccccc32)c1-c1ccccc1)c1ccco1. The van der Waals surface area contributed by atoms with E-state index in [1.54, 1.807) is 30.3 Å². The van der Waals surface area contributed by atoms with Crippen LogP contribution in [0.2, 0.25) is 0 Å². The van der Waals surface area contributed by atoms with Crippen LogP contribution in [0.4, 0.5) is 0 Å². The highest BCUT2D eigenvalue weighted by atomic mass is 16.5. The van der Waals surface area contributed by atoms with E-state index in [0.717, 1.165) is 32.8 Å². The minimum Gasteiger partial charge on any atom is -0.457 e. The summed E-state index contributed by atoms with van der Waals surface area (Å²) in [6.45, 7) is 0. The number of carbonyl (C=O) groups is 2. The lowest BCUT2D eigenvalue weighted by atomic mass is 9.99. The molecule has 1 amide bonds. The second kappa shape index (κ2) is 9.91. The van der Waals surface area contributed by atoms with Crippen LogP contribution in [0.3, 0.4) is 0 Å². The van der Waals surface area contributed by atoms with E-state index in [4.69, 9.17) is 9.15 Å². The van der Waals surface area contributed by atoms with E-state index < -0.39 is 11.9 Å². The van der Waals surface area contributed by atoms with Crippen LogP contribution in [0.5, 0.6) is 5.75 Å². The van der Waals surface area contributed by atoms with Gasteiger partial charge in [-0.1, -0.05) is 78.9 Å². The molecule has 0 aliphatic heterocycles. The van der Waals surface area contributed by atoms with Crippen LogP contribution >= 0.6 is 0 Å². The number of furan rings is 1. The average Bonchev–Trinajstić information content (AvgIpc) is 3.63. The zero-order valence-corrected chi connectivity index (χ0v) is 20.0. The minimum atomic E-state index is -0.627. The first-order valence-corrected chi connectivity index (χ1v) is 12.0. The molecule has 0 fully saturated rings. The first-order valence-electron chi connectivity index (χ1n) is 12.0. The lowest BCUT2D eigenvalue weighted by molar-refractivity contribution is 0.0701. The molecule has 0 aliphatic rings. The molecular weight excluding hydrogens is 478 g/mol. The smallest absolute Gasteiger partial charge is 0.379 e. The van der Waals surface area contributed by atoms with E-state index in [1.807, 2.05) is 60.7 Å². The van der Waals surface area contributed by atoms with Crippen LogP contribution in [0, 0.1) is 0 Å². The minimum absolute atomic E-state index is 0.0878. The van der Waals surface area contributed by atoms with Crippen molar-refractivity contribution in [3.8, 4) is 16.9 Å². The molecule has 0 bridgehead atoms. The van der Waals surface area contributed by atoms with Gasteiger partial charge >= 0.3 is 5.97 Å². The van der Waals surface area contributed by atoms with Gasteiger partial charge in [0, 0.05) is 21.9 Å². The molecule has 2 heterocycles. The fourth-order valence-corrected chi connectivity index (χ4v) is 4.45. The van der Waals surface area contributed by atoms with E-state index in [-0.39, 0.29) is 11.5 Å². The maximum absolute atomic E-state index is 13.4. The third-order valence-corrected chi connectivity index (χ3v) is 6.20. The molecule has 7 heteroatoms. The fourth-order valence-electron chi connectivity index (χ4n) is 4.45. The number of para-hydroxylation sites is 1. The Morgan fingerprint density at radius 1 is 0.816 bits per heavy atom. The van der Waals surface area contributed by atoms with Crippen molar-refractivity contribution in [2.24, 2.45) is 5.10 Å². The highest BCUT2D eigenvalue weighted by molar-refractivity contribution is 6.16. The largest absolute Gasteiger partial charge is 0.457 e. The first kappa shape index (κ1) is 23.0. The van der Waals surface area contributed by atoms with E-state index in [1.165, 1.54) is 18.5 Å². The molecule has 0 saturated carbocycles. The summed E-state index contributed by atoms with van der Waals surface area (Å²) in [6.07, 6.45) is 2.83. The van der Waals surface area contributed by atoms with Gasteiger partial charge in [-0.05, 0) is 35.2 Å². The van der Waals surface area contributed by atoms with Crippen LogP contribution in [0.25, 0.3) is 32.8 Å². The van der Waals surface area contributed by atoms with Gasteiger partial charge in [-0.25, -0.2) is 10.2 Å². The third kappa shape index (κ3) is 4.33. The molecule has 0 atom stereocenters. The predicted octanol–water partition coefficient (Wildman–Crippen LogP) is 6.56. The molecule has 184 valence electrons. The van der Waals surface area contributed by atoms with Gasteiger partial charge in [0.1, 0.15) is 11.4 Å². The summed E-state index contributed by atoms with van der Waals surface area (Å²) in [4.78, 5) is 29.1. The number of aromatic nitrogens is 1. The molecule has 38 heavy (non-hydrogen) atoms. The Kier molecular flexibility index (Phi) is 6.00. The number of rotatable bonds is 6. The number of nitrogens with one attached hydrogen (secondary N) is 2. The summed E-state index contributed by atoms with van der Waals surface area (Å²) in [7, 11) is 0. The normalized spacial score (nSPS) is 11.3. The number of hydrazone groups is 1. The Hall–Kier alpha value is -5.43. The molecule has 6 rings (SSSR count). The van der Waals surface area contributed by atoms with Crippen molar-refractivity contribution in [1.29, 1.82) is 0 Å². The fraction of sp³-hybridized carbons (Fsp3) is 0. The lowest BCUT2D eigenvalue weighted by Crippen LogP contribution is -2.19. The summed E-state index contributed by atoms with van der Waals surface area (Å²) in [5, 5.41) is 7.20. The first-order chi connectivity index (χ1) is 18.7. The molecule has 0 unspecified atom stereocenters. The number of esters is 1. The number of carbonyl (C=O) groups excluding carboxylic acids is 2. The van der Waals surface area contributed by atoms with Gasteiger partial charge in [-0.15, -0.1) is 0 Å². The Bertz CT molecular complexity index is 1800. The van der Waals surface area contributed by atoms with E-state index in [9.17, 15) is 9.59 Å². The Labute approximate surface area is 217 Å². The summed E-state index contributed by atoms with van der Waals surface area (Å²) in [5.41, 5.74) is 6.12. The number of hydrogen-bond acceptors (Lipinski definition) is 5. The van der Waals surface area contributed by atoms with Crippen molar-refractivity contribution in [1.82, 2.24) is 10.4 Å². The monoisotopic (exact) mass is 499 g/mol. The molecule has 2 aromatic heterocycles. The number of aromatic amines is 1. The van der Waals surface area contributed by atoms with Gasteiger partial charge in [-0.2, -0.15) is 5.10 Å². The molecule has 6 aromatic rings. The van der Waals surface area contributed by atoms with Crippen LogP contribution in [-0.2, 0) is 0 Å². The maximum atomic E-state index is 13.4. The van der Waals surface area contributed by atoms with E-state index >= 15 is 0 Å². The molecule has 0 saturated heterocycles. The van der Waals surface area contributed by atoms with Crippen LogP contribution in [0.15, 0.2) is 119 Å². The van der Waals surface area contributed by atoms with Crippen molar-refractivity contribution in [3.05, 3.63) is 126 Å². The number of hydrogen-bond donors (Lipinski definition) is 2. The maximum Gasteiger partial charge on any atom is 0.379 e. The zero-order valence-electron chi connectivity index (χ0n) is 20.0. The van der Waals surface area contributed by atoms with Gasteiger partial charge in [-0.3, -0.25) is 4.79 Å². The van der Waals surface area contributed by atoms with Crippen molar-refractivity contribution >= 4 is 39.8 Å². The van der Waals surface area contributed by atoms with Crippen LogP contribution in [-0.4, -0.2) is 23.1 Å². The standard InChI is InChI=1S/C31H21N3O4/c35-30(34-32-19-22-12-5-7-14-25(22)38-31(36)26-15-8-18-37-26)29-27(21-10-2-1-3-11-21)24-17-16-20-9-4-6-13-23(20)28(24)33-29/h1-19,33H,(H,34,35). The van der Waals surface area contributed by atoms with Gasteiger partial charge in [0.25, 0.3) is 5.91 Å². The number of benzene rings is 4. The van der Waals surface area contributed by atoms with Crippen molar-refractivity contribution < 1.29 is 18.7 Å². The second-order valence-electron chi connectivity index (χ2n) is 8.55. The molecule has 7 nitrogen and oxygen atoms in total. The van der Waals surface area contributed by atoms with Crippen LogP contribution in [0.1, 0.15) is 26.6 Å². The molecule has 4 aromatic carbocycles.